The second-order valence-electron chi connectivity index (χ2n) is 2.66. The van der Waals surface area contributed by atoms with Gasteiger partial charge in [-0.15, -0.1) is 0 Å². The molecule has 0 aliphatic heterocycles. The first-order chi connectivity index (χ1) is 6.11. The van der Waals surface area contributed by atoms with Crippen LogP contribution in [0, 0.1) is 12.7 Å². The van der Waals surface area contributed by atoms with Gasteiger partial charge < -0.3 is 9.84 Å². The van der Waals surface area contributed by atoms with Crippen molar-refractivity contribution in [3.63, 3.8) is 0 Å². The summed E-state index contributed by atoms with van der Waals surface area (Å²) < 4.78 is 18.1. The molecule has 0 amide bonds. The molecule has 0 atom stereocenters. The van der Waals surface area contributed by atoms with E-state index in [-0.39, 0.29) is 16.3 Å². The van der Waals surface area contributed by atoms with Crippen molar-refractivity contribution in [3.8, 4) is 5.75 Å². The zero-order valence-electron chi connectivity index (χ0n) is 7.40. The Hall–Kier alpha value is -0.800. The highest BCUT2D eigenvalue weighted by atomic mass is 35.5. The highest BCUT2D eigenvalue weighted by molar-refractivity contribution is 6.32. The normalized spacial score (nSPS) is 10.2. The molecule has 2 nitrogen and oxygen atoms in total. The summed E-state index contributed by atoms with van der Waals surface area (Å²) in [6.07, 6.45) is 0. The molecule has 0 heterocycles. The Balaban J connectivity index is 3.39. The number of benzene rings is 1. The van der Waals surface area contributed by atoms with E-state index in [9.17, 15) is 4.39 Å². The van der Waals surface area contributed by atoms with Crippen LogP contribution in [-0.4, -0.2) is 12.2 Å². The molecule has 0 aliphatic rings. The van der Waals surface area contributed by atoms with E-state index in [0.717, 1.165) is 0 Å². The molecule has 0 saturated carbocycles. The van der Waals surface area contributed by atoms with Gasteiger partial charge in [0.2, 0.25) is 0 Å². The van der Waals surface area contributed by atoms with Gasteiger partial charge in [0.15, 0.2) is 11.6 Å². The molecule has 1 aromatic carbocycles. The summed E-state index contributed by atoms with van der Waals surface area (Å²) in [7, 11) is 1.37. The van der Waals surface area contributed by atoms with Gasteiger partial charge in [-0.3, -0.25) is 0 Å². The van der Waals surface area contributed by atoms with Crippen LogP contribution in [0.5, 0.6) is 5.75 Å². The minimum absolute atomic E-state index is 0.0820. The quantitative estimate of drug-likeness (QED) is 0.801. The number of hydrogen-bond donors (Lipinski definition) is 1. The maximum atomic E-state index is 13.3. The Morgan fingerprint density at radius 1 is 1.62 bits per heavy atom. The number of methoxy groups -OCH3 is 1. The Bertz CT molecular complexity index is 326. The summed E-state index contributed by atoms with van der Waals surface area (Å²) in [6.45, 7) is 1.30. The van der Waals surface area contributed by atoms with Crippen molar-refractivity contribution < 1.29 is 14.2 Å². The maximum absolute atomic E-state index is 13.3. The standard InChI is InChI=1S/C9H10ClFO2/c1-5-3-7(13-2)9(11)6(4-12)8(5)10/h3,12H,4H2,1-2H3. The zero-order valence-corrected chi connectivity index (χ0v) is 8.15. The van der Waals surface area contributed by atoms with Gasteiger partial charge in [-0.05, 0) is 18.6 Å². The summed E-state index contributed by atoms with van der Waals surface area (Å²) in [4.78, 5) is 0. The Morgan fingerprint density at radius 3 is 2.69 bits per heavy atom. The Kier molecular flexibility index (Phi) is 3.12. The van der Waals surface area contributed by atoms with Crippen molar-refractivity contribution in [2.75, 3.05) is 7.11 Å². The highest BCUT2D eigenvalue weighted by Crippen LogP contribution is 2.30. The van der Waals surface area contributed by atoms with Crippen LogP contribution in [0.25, 0.3) is 0 Å². The number of hydrogen-bond acceptors (Lipinski definition) is 2. The fourth-order valence-corrected chi connectivity index (χ4v) is 1.29. The minimum atomic E-state index is -0.597. The number of aliphatic hydroxyl groups is 1. The SMILES string of the molecule is COc1cc(C)c(Cl)c(CO)c1F. The van der Waals surface area contributed by atoms with Crippen LogP contribution in [0.15, 0.2) is 6.07 Å². The van der Waals surface area contributed by atoms with Gasteiger partial charge in [0.25, 0.3) is 0 Å². The monoisotopic (exact) mass is 204 g/mol. The van der Waals surface area contributed by atoms with E-state index in [1.165, 1.54) is 13.2 Å². The smallest absolute Gasteiger partial charge is 0.172 e. The van der Waals surface area contributed by atoms with Crippen molar-refractivity contribution in [3.05, 3.63) is 28.0 Å². The van der Waals surface area contributed by atoms with Crippen LogP contribution in [0.2, 0.25) is 5.02 Å². The number of halogens is 2. The highest BCUT2D eigenvalue weighted by Gasteiger charge is 2.14. The summed E-state index contributed by atoms with van der Waals surface area (Å²) in [5.41, 5.74) is 0.766. The number of ether oxygens (including phenoxy) is 1. The molecule has 0 aromatic heterocycles. The van der Waals surface area contributed by atoms with Gasteiger partial charge in [0.05, 0.1) is 18.7 Å². The number of aryl methyl sites for hydroxylation is 1. The van der Waals surface area contributed by atoms with E-state index in [2.05, 4.69) is 0 Å². The maximum Gasteiger partial charge on any atom is 0.172 e. The summed E-state index contributed by atoms with van der Waals surface area (Å²) in [6, 6.07) is 1.50. The van der Waals surface area contributed by atoms with E-state index in [1.807, 2.05) is 0 Å². The summed E-state index contributed by atoms with van der Waals surface area (Å²) in [5, 5.41) is 9.11. The molecule has 0 bridgehead atoms. The third-order valence-electron chi connectivity index (χ3n) is 1.82. The first-order valence-corrected chi connectivity index (χ1v) is 4.12. The lowest BCUT2D eigenvalue weighted by Crippen LogP contribution is -1.98. The zero-order chi connectivity index (χ0) is 10.0. The molecule has 13 heavy (non-hydrogen) atoms. The molecule has 0 saturated heterocycles. The molecule has 1 aromatic rings. The molecule has 0 spiro atoms. The average molecular weight is 205 g/mol. The largest absolute Gasteiger partial charge is 0.494 e. The predicted molar refractivity (Wildman–Crippen MR) is 48.6 cm³/mol. The van der Waals surface area contributed by atoms with E-state index < -0.39 is 12.4 Å². The van der Waals surface area contributed by atoms with Crippen LogP contribution >= 0.6 is 11.6 Å². The molecule has 4 heteroatoms. The van der Waals surface area contributed by atoms with Gasteiger partial charge in [0.1, 0.15) is 0 Å². The molecule has 0 radical (unpaired) electrons. The van der Waals surface area contributed by atoms with E-state index in [0.29, 0.717) is 5.56 Å². The summed E-state index contributed by atoms with van der Waals surface area (Å²) in [5.74, 6) is -0.494. The molecule has 0 aliphatic carbocycles. The third-order valence-corrected chi connectivity index (χ3v) is 2.34. The van der Waals surface area contributed by atoms with Gasteiger partial charge >= 0.3 is 0 Å². The van der Waals surface area contributed by atoms with Crippen LogP contribution in [0.3, 0.4) is 0 Å². The fourth-order valence-electron chi connectivity index (χ4n) is 1.09. The number of rotatable bonds is 2. The molecular weight excluding hydrogens is 195 g/mol. The van der Waals surface area contributed by atoms with Crippen LogP contribution < -0.4 is 4.74 Å². The second-order valence-corrected chi connectivity index (χ2v) is 3.04. The molecule has 72 valence electrons. The first-order valence-electron chi connectivity index (χ1n) is 3.74. The van der Waals surface area contributed by atoms with Crippen molar-refractivity contribution in [1.29, 1.82) is 0 Å². The van der Waals surface area contributed by atoms with Gasteiger partial charge in [-0.2, -0.15) is 0 Å². The van der Waals surface area contributed by atoms with E-state index in [4.69, 9.17) is 21.4 Å². The van der Waals surface area contributed by atoms with Gasteiger partial charge in [-0.1, -0.05) is 11.6 Å². The lowest BCUT2D eigenvalue weighted by molar-refractivity contribution is 0.272. The second kappa shape index (κ2) is 3.94. The van der Waals surface area contributed by atoms with Crippen LogP contribution in [0.1, 0.15) is 11.1 Å². The molecule has 0 unspecified atom stereocenters. The molecular formula is C9H10ClFO2. The van der Waals surface area contributed by atoms with Crippen molar-refractivity contribution >= 4 is 11.6 Å². The first kappa shape index (κ1) is 10.3. The van der Waals surface area contributed by atoms with Gasteiger partial charge in [0, 0.05) is 5.56 Å². The lowest BCUT2D eigenvalue weighted by atomic mass is 10.1. The minimum Gasteiger partial charge on any atom is -0.494 e. The Morgan fingerprint density at radius 2 is 2.23 bits per heavy atom. The lowest BCUT2D eigenvalue weighted by Gasteiger charge is -2.09. The molecule has 1 N–H and O–H groups in total. The van der Waals surface area contributed by atoms with Crippen molar-refractivity contribution in [2.45, 2.75) is 13.5 Å². The predicted octanol–water partition coefficient (Wildman–Crippen LogP) is 2.29. The van der Waals surface area contributed by atoms with Crippen LogP contribution in [0.4, 0.5) is 4.39 Å². The Labute approximate surface area is 80.9 Å². The fraction of sp³-hybridized carbons (Fsp3) is 0.333. The van der Waals surface area contributed by atoms with Crippen molar-refractivity contribution in [1.82, 2.24) is 0 Å². The van der Waals surface area contributed by atoms with Crippen molar-refractivity contribution in [2.24, 2.45) is 0 Å². The van der Waals surface area contributed by atoms with E-state index >= 15 is 0 Å². The molecule has 1 rings (SSSR count). The van der Waals surface area contributed by atoms with Gasteiger partial charge in [-0.25, -0.2) is 4.39 Å². The average Bonchev–Trinajstić information content (AvgIpc) is 2.12. The number of aliphatic hydroxyl groups excluding tert-OH is 1. The van der Waals surface area contributed by atoms with Crippen LogP contribution in [-0.2, 0) is 6.61 Å². The third kappa shape index (κ3) is 1.76. The summed E-state index contributed by atoms with van der Waals surface area (Å²) >= 11 is 5.77. The van der Waals surface area contributed by atoms with E-state index in [1.54, 1.807) is 6.92 Å². The topological polar surface area (TPSA) is 29.5 Å². The molecule has 0 fully saturated rings.